The summed E-state index contributed by atoms with van der Waals surface area (Å²) in [6.07, 6.45) is 69.0. The van der Waals surface area contributed by atoms with Gasteiger partial charge in [0.25, 0.3) is 7.82 Å². The highest BCUT2D eigenvalue weighted by atomic mass is 31.2. The maximum absolute atomic E-state index is 13.0. The Morgan fingerprint density at radius 1 is 0.425 bits per heavy atom. The van der Waals surface area contributed by atoms with Gasteiger partial charge in [0, 0.05) is 6.42 Å². The summed E-state index contributed by atoms with van der Waals surface area (Å²) < 4.78 is 23.4. The Morgan fingerprint density at radius 3 is 0.932 bits per heavy atom. The number of amides is 1. The lowest BCUT2D eigenvalue weighted by molar-refractivity contribution is -0.870. The molecule has 0 saturated heterocycles. The van der Waals surface area contributed by atoms with Crippen molar-refractivity contribution in [3.63, 3.8) is 0 Å². The predicted octanol–water partition coefficient (Wildman–Crippen LogP) is 19.8. The largest absolute Gasteiger partial charge is 0.756 e. The molecule has 2 N–H and O–H groups in total. The molecule has 0 spiro atoms. The van der Waals surface area contributed by atoms with Crippen LogP contribution in [0.25, 0.3) is 0 Å². The van der Waals surface area contributed by atoms with Crippen molar-refractivity contribution in [3.05, 3.63) is 0 Å². The smallest absolute Gasteiger partial charge is 0.268 e. The minimum absolute atomic E-state index is 0.0166. The number of likely N-dealkylation sites (N-methyl/N-ethyl adjacent to an activating group) is 1. The van der Waals surface area contributed by atoms with Gasteiger partial charge in [-0.1, -0.05) is 335 Å². The molecule has 438 valence electrons. The number of nitrogens with one attached hydrogen (secondary N) is 1. The van der Waals surface area contributed by atoms with Crippen LogP contribution in [0, 0.1) is 0 Å². The Morgan fingerprint density at radius 2 is 0.671 bits per heavy atom. The summed E-state index contributed by atoms with van der Waals surface area (Å²) in [5.74, 6) is -0.156. The average molecular weight is 1060 g/mol. The first kappa shape index (κ1) is 72.5. The van der Waals surface area contributed by atoms with Gasteiger partial charge in [0.05, 0.1) is 39.9 Å². The first-order valence-corrected chi connectivity index (χ1v) is 34.3. The Balaban J connectivity index is 3.87. The number of carbonyl (C=O) groups excluding carboxylic acids is 1. The van der Waals surface area contributed by atoms with Gasteiger partial charge in [-0.25, -0.2) is 0 Å². The lowest BCUT2D eigenvalue weighted by atomic mass is 10.0. The predicted molar refractivity (Wildman–Crippen MR) is 316 cm³/mol. The number of phosphoric ester groups is 1. The van der Waals surface area contributed by atoms with Crippen LogP contribution in [-0.4, -0.2) is 68.5 Å². The van der Waals surface area contributed by atoms with Crippen molar-refractivity contribution in [1.82, 2.24) is 5.32 Å². The van der Waals surface area contributed by atoms with Gasteiger partial charge in [0.15, 0.2) is 0 Å². The molecule has 0 aliphatic heterocycles. The highest BCUT2D eigenvalue weighted by molar-refractivity contribution is 7.45. The number of rotatable bonds is 62. The van der Waals surface area contributed by atoms with Crippen molar-refractivity contribution in [2.24, 2.45) is 0 Å². The highest BCUT2D eigenvalue weighted by Crippen LogP contribution is 2.38. The molecule has 0 aliphatic rings. The highest BCUT2D eigenvalue weighted by Gasteiger charge is 2.24. The van der Waals surface area contributed by atoms with E-state index in [1.807, 2.05) is 21.1 Å². The maximum atomic E-state index is 13.0. The Hall–Kier alpha value is -0.500. The van der Waals surface area contributed by atoms with Crippen LogP contribution in [0.3, 0.4) is 0 Å². The molecule has 9 heteroatoms. The van der Waals surface area contributed by atoms with Gasteiger partial charge in [-0.15, -0.1) is 0 Å². The molecule has 1 unspecified atom stereocenters. The molecule has 8 nitrogen and oxygen atoms in total. The van der Waals surface area contributed by atoms with E-state index in [0.717, 1.165) is 38.5 Å². The van der Waals surface area contributed by atoms with Crippen molar-refractivity contribution in [2.45, 2.75) is 366 Å². The van der Waals surface area contributed by atoms with Crippen LogP contribution in [0.2, 0.25) is 0 Å². The second kappa shape index (κ2) is 56.2. The molecule has 0 fully saturated rings. The van der Waals surface area contributed by atoms with E-state index in [9.17, 15) is 19.4 Å². The van der Waals surface area contributed by atoms with E-state index in [-0.39, 0.29) is 19.1 Å². The van der Waals surface area contributed by atoms with Gasteiger partial charge >= 0.3 is 0 Å². The van der Waals surface area contributed by atoms with E-state index in [1.165, 1.54) is 289 Å². The Labute approximate surface area is 457 Å². The van der Waals surface area contributed by atoms with E-state index in [4.69, 9.17) is 9.05 Å². The normalized spacial score (nSPS) is 13.7. The van der Waals surface area contributed by atoms with Crippen molar-refractivity contribution in [2.75, 3.05) is 40.9 Å². The van der Waals surface area contributed by atoms with Gasteiger partial charge in [0.2, 0.25) is 5.91 Å². The van der Waals surface area contributed by atoms with E-state index in [0.29, 0.717) is 23.9 Å². The maximum Gasteiger partial charge on any atom is 0.268 e. The number of quaternary nitrogens is 1. The molecule has 3 atom stereocenters. The Bertz CT molecular complexity index is 1150. The molecule has 0 aromatic rings. The SMILES string of the molecule is CCCCCCCCCCCCCCCCCCCCCCCCCCCCCCCCCCCCCCC(=O)N[C@@H](COP(=O)([O-])OCC[N+](C)(C)C)[C@H](O)CCCCCCCCCCCCCCCCC. The number of carbonyl (C=O) groups is 1. The van der Waals surface area contributed by atoms with Gasteiger partial charge in [-0.2, -0.15) is 0 Å². The van der Waals surface area contributed by atoms with Crippen molar-refractivity contribution in [3.8, 4) is 0 Å². The zero-order valence-corrected chi connectivity index (χ0v) is 51.0. The number of unbranched alkanes of at least 4 members (excludes halogenated alkanes) is 49. The van der Waals surface area contributed by atoms with Crippen molar-refractivity contribution in [1.29, 1.82) is 0 Å². The number of phosphoric acid groups is 1. The summed E-state index contributed by atoms with van der Waals surface area (Å²) in [7, 11) is 1.33. The standard InChI is InChI=1S/C64H131N2O6P/c1-6-8-10-12-14-16-18-20-22-23-24-25-26-27-28-29-30-31-32-33-34-35-36-37-38-39-40-41-42-44-46-48-50-52-54-56-58-64(68)65-62(61-72-73(69,70)71-60-59-66(3,4)5)63(67)57-55-53-51-49-47-45-43-21-19-17-15-13-11-9-7-2/h62-63,67H,6-61H2,1-5H3,(H-,65,68,69,70)/t62-,63+/m0/s1. The summed E-state index contributed by atoms with van der Waals surface area (Å²) in [5, 5.41) is 14.0. The average Bonchev–Trinajstić information content (AvgIpc) is 3.35. The number of aliphatic hydroxyl groups excluding tert-OH is 1. The van der Waals surface area contributed by atoms with Gasteiger partial charge in [-0.05, 0) is 12.8 Å². The fourth-order valence-electron chi connectivity index (χ4n) is 10.5. The first-order chi connectivity index (χ1) is 35.5. The summed E-state index contributed by atoms with van der Waals surface area (Å²) in [5.41, 5.74) is 0. The summed E-state index contributed by atoms with van der Waals surface area (Å²) in [6, 6.07) is -0.795. The molecule has 0 heterocycles. The Kier molecular flexibility index (Phi) is 55.8. The van der Waals surface area contributed by atoms with E-state index >= 15 is 0 Å². The number of aliphatic hydroxyl groups is 1. The molecule has 0 radical (unpaired) electrons. The molecule has 73 heavy (non-hydrogen) atoms. The number of nitrogens with zero attached hydrogens (tertiary/aromatic N) is 1. The van der Waals surface area contributed by atoms with E-state index in [1.54, 1.807) is 0 Å². The zero-order chi connectivity index (χ0) is 53.5. The fraction of sp³-hybridized carbons (Fsp3) is 0.984. The zero-order valence-electron chi connectivity index (χ0n) is 50.1. The molecule has 0 aromatic carbocycles. The minimum atomic E-state index is -4.57. The van der Waals surface area contributed by atoms with Crippen LogP contribution < -0.4 is 10.2 Å². The lowest BCUT2D eigenvalue weighted by Gasteiger charge is -2.30. The quantitative estimate of drug-likeness (QED) is 0.0357. The lowest BCUT2D eigenvalue weighted by Crippen LogP contribution is -2.46. The third-order valence-corrected chi connectivity index (χ3v) is 16.6. The molecule has 1 amide bonds. The van der Waals surface area contributed by atoms with Crippen LogP contribution in [0.1, 0.15) is 354 Å². The summed E-state index contributed by atoms with van der Waals surface area (Å²) in [6.45, 7) is 4.78. The molecular weight excluding hydrogens is 924 g/mol. The third kappa shape index (κ3) is 59.0. The summed E-state index contributed by atoms with van der Waals surface area (Å²) in [4.78, 5) is 25.6. The van der Waals surface area contributed by atoms with Gasteiger partial charge in [-0.3, -0.25) is 9.36 Å². The van der Waals surface area contributed by atoms with E-state index < -0.39 is 20.0 Å². The third-order valence-electron chi connectivity index (χ3n) is 15.6. The second-order valence-corrected chi connectivity index (χ2v) is 25.6. The van der Waals surface area contributed by atoms with Crippen molar-refractivity contribution >= 4 is 13.7 Å². The van der Waals surface area contributed by atoms with Crippen LogP contribution in [0.5, 0.6) is 0 Å². The number of hydrogen-bond donors (Lipinski definition) is 2. The minimum Gasteiger partial charge on any atom is -0.756 e. The van der Waals surface area contributed by atoms with Crippen LogP contribution >= 0.6 is 7.82 Å². The molecule has 0 saturated carbocycles. The van der Waals surface area contributed by atoms with Crippen LogP contribution in [0.4, 0.5) is 0 Å². The second-order valence-electron chi connectivity index (χ2n) is 24.2. The topological polar surface area (TPSA) is 108 Å². The summed E-state index contributed by atoms with van der Waals surface area (Å²) >= 11 is 0. The van der Waals surface area contributed by atoms with Gasteiger partial charge < -0.3 is 28.8 Å². The monoisotopic (exact) mass is 1050 g/mol. The molecule has 0 rings (SSSR count). The van der Waals surface area contributed by atoms with Crippen molar-refractivity contribution < 1.29 is 32.9 Å². The number of hydrogen-bond acceptors (Lipinski definition) is 6. The first-order valence-electron chi connectivity index (χ1n) is 32.9. The fourth-order valence-corrected chi connectivity index (χ4v) is 11.2. The molecule has 0 aliphatic carbocycles. The molecular formula is C64H131N2O6P. The van der Waals surface area contributed by atoms with Crippen LogP contribution in [-0.2, 0) is 18.4 Å². The van der Waals surface area contributed by atoms with Gasteiger partial charge in [0.1, 0.15) is 13.2 Å². The van der Waals surface area contributed by atoms with E-state index in [2.05, 4.69) is 19.2 Å². The molecule has 0 aromatic heterocycles. The molecule has 0 bridgehead atoms. The van der Waals surface area contributed by atoms with Crippen LogP contribution in [0.15, 0.2) is 0 Å².